The van der Waals surface area contributed by atoms with E-state index in [2.05, 4.69) is 14.6 Å². The number of amides is 1. The summed E-state index contributed by atoms with van der Waals surface area (Å²) < 4.78 is 35.0. The minimum Gasteiger partial charge on any atom is -0.452 e. The molecule has 1 N–H and O–H groups in total. The van der Waals surface area contributed by atoms with Crippen molar-refractivity contribution < 1.29 is 22.1 Å². The fourth-order valence-corrected chi connectivity index (χ4v) is 3.37. The number of carbonyl (C=O) groups excluding carboxylic acids is 1. The van der Waals surface area contributed by atoms with E-state index >= 15 is 0 Å². The number of carbonyl (C=O) groups is 1. The molecule has 0 aromatic carbocycles. The van der Waals surface area contributed by atoms with Crippen molar-refractivity contribution in [2.24, 2.45) is 0 Å². The van der Waals surface area contributed by atoms with Gasteiger partial charge in [0, 0.05) is 18.9 Å². The smallest absolute Gasteiger partial charge is 0.422 e. The Morgan fingerprint density at radius 1 is 1.32 bits per heavy atom. The maximum Gasteiger partial charge on any atom is 0.422 e. The van der Waals surface area contributed by atoms with Crippen LogP contribution >= 0.6 is 0 Å². The normalized spacial score (nSPS) is 16.8. The molecule has 1 atom stereocenters. The van der Waals surface area contributed by atoms with Gasteiger partial charge in [-0.05, 0) is 50.0 Å². The van der Waals surface area contributed by atoms with Crippen molar-refractivity contribution in [2.45, 2.75) is 25.4 Å². The van der Waals surface area contributed by atoms with Crippen molar-refractivity contribution in [3.8, 4) is 0 Å². The molecule has 1 aromatic rings. The topological polar surface area (TPSA) is 97.8 Å². The standard InChI is InChI=1S/C16H23N3O5S/c1-23-16(20)18-25(21,22)24-15(14-7-9-17-10-8-14)6-2-3-11-19-12-4-5-13-19/h2-3,7-10,15H,4-6,11-13H2,1H3,(H,18,20)/b3-2+. The van der Waals surface area contributed by atoms with Crippen molar-refractivity contribution in [2.75, 3.05) is 26.7 Å². The third kappa shape index (κ3) is 6.81. The third-order valence-electron chi connectivity index (χ3n) is 3.79. The van der Waals surface area contributed by atoms with Crippen LogP contribution in [0.15, 0.2) is 36.7 Å². The Labute approximate surface area is 148 Å². The number of rotatable bonds is 8. The molecule has 2 rings (SSSR count). The summed E-state index contributed by atoms with van der Waals surface area (Å²) in [5, 5.41) is 0. The first kappa shape index (κ1) is 19.4. The number of nitrogens with one attached hydrogen (secondary N) is 1. The van der Waals surface area contributed by atoms with Gasteiger partial charge >= 0.3 is 16.4 Å². The minimum absolute atomic E-state index is 0.347. The maximum atomic E-state index is 11.9. The lowest BCUT2D eigenvalue weighted by Gasteiger charge is -2.16. The van der Waals surface area contributed by atoms with Crippen LogP contribution < -0.4 is 4.72 Å². The van der Waals surface area contributed by atoms with Gasteiger partial charge in [0.25, 0.3) is 0 Å². The van der Waals surface area contributed by atoms with E-state index in [1.54, 1.807) is 29.2 Å². The van der Waals surface area contributed by atoms with E-state index in [1.807, 2.05) is 12.2 Å². The summed E-state index contributed by atoms with van der Waals surface area (Å²) in [6, 6.07) is 3.35. The molecule has 0 spiro atoms. The summed E-state index contributed by atoms with van der Waals surface area (Å²) in [6.45, 7) is 3.01. The van der Waals surface area contributed by atoms with Gasteiger partial charge < -0.3 is 4.74 Å². The quantitative estimate of drug-likeness (QED) is 0.698. The van der Waals surface area contributed by atoms with Gasteiger partial charge in [0.1, 0.15) is 6.10 Å². The van der Waals surface area contributed by atoms with E-state index in [9.17, 15) is 13.2 Å². The number of aromatic nitrogens is 1. The lowest BCUT2D eigenvalue weighted by molar-refractivity contribution is 0.171. The number of ether oxygens (including phenoxy) is 1. The Bertz CT molecular complexity index is 672. The van der Waals surface area contributed by atoms with Gasteiger partial charge in [0.2, 0.25) is 0 Å². The van der Waals surface area contributed by atoms with Crippen LogP contribution in [0.5, 0.6) is 0 Å². The third-order valence-corrected chi connectivity index (χ3v) is 4.70. The van der Waals surface area contributed by atoms with Crippen LogP contribution in [0.1, 0.15) is 30.9 Å². The predicted molar refractivity (Wildman–Crippen MR) is 92.0 cm³/mol. The number of likely N-dealkylation sites (tertiary alicyclic amines) is 1. The van der Waals surface area contributed by atoms with Gasteiger partial charge in [-0.1, -0.05) is 12.2 Å². The number of nitrogens with zero attached hydrogens (tertiary/aromatic N) is 2. The molecule has 8 nitrogen and oxygen atoms in total. The lowest BCUT2D eigenvalue weighted by Crippen LogP contribution is -2.32. The van der Waals surface area contributed by atoms with E-state index in [1.165, 1.54) is 12.8 Å². The van der Waals surface area contributed by atoms with Crippen LogP contribution in [0.25, 0.3) is 0 Å². The van der Waals surface area contributed by atoms with Gasteiger partial charge in [-0.15, -0.1) is 0 Å². The maximum absolute atomic E-state index is 11.9. The summed E-state index contributed by atoms with van der Waals surface area (Å²) in [5.74, 6) is 0. The van der Waals surface area contributed by atoms with E-state index in [0.717, 1.165) is 26.7 Å². The highest BCUT2D eigenvalue weighted by Crippen LogP contribution is 2.23. The molecule has 138 valence electrons. The molecular formula is C16H23N3O5S. The number of hydrogen-bond donors (Lipinski definition) is 1. The highest BCUT2D eigenvalue weighted by molar-refractivity contribution is 7.85. The molecular weight excluding hydrogens is 346 g/mol. The van der Waals surface area contributed by atoms with Crippen molar-refractivity contribution in [3.05, 3.63) is 42.2 Å². The zero-order valence-corrected chi connectivity index (χ0v) is 14.9. The van der Waals surface area contributed by atoms with Crippen LogP contribution in [0, 0.1) is 0 Å². The first-order chi connectivity index (χ1) is 12.0. The van der Waals surface area contributed by atoms with Crippen molar-refractivity contribution in [1.82, 2.24) is 14.6 Å². The van der Waals surface area contributed by atoms with Crippen molar-refractivity contribution in [1.29, 1.82) is 0 Å². The monoisotopic (exact) mass is 369 g/mol. The van der Waals surface area contributed by atoms with Gasteiger partial charge in [-0.2, -0.15) is 13.1 Å². The first-order valence-corrected chi connectivity index (χ1v) is 9.47. The van der Waals surface area contributed by atoms with Gasteiger partial charge in [0.15, 0.2) is 0 Å². The molecule has 0 saturated carbocycles. The SMILES string of the molecule is COC(=O)NS(=O)(=O)OC(C/C=C/CN1CCCC1)c1ccncc1. The number of hydrogen-bond acceptors (Lipinski definition) is 7. The molecule has 0 aliphatic carbocycles. The van der Waals surface area contributed by atoms with Crippen molar-refractivity contribution >= 4 is 16.4 Å². The second kappa shape index (κ2) is 9.50. The Morgan fingerprint density at radius 2 is 2.00 bits per heavy atom. The lowest BCUT2D eigenvalue weighted by atomic mass is 10.1. The fourth-order valence-electron chi connectivity index (χ4n) is 2.54. The zero-order chi connectivity index (χ0) is 18.1. The largest absolute Gasteiger partial charge is 0.452 e. The predicted octanol–water partition coefficient (Wildman–Crippen LogP) is 1.78. The summed E-state index contributed by atoms with van der Waals surface area (Å²) in [4.78, 5) is 17.4. The van der Waals surface area contributed by atoms with Crippen LogP contribution in [0.2, 0.25) is 0 Å². The van der Waals surface area contributed by atoms with E-state index < -0.39 is 22.5 Å². The van der Waals surface area contributed by atoms with Gasteiger partial charge in [-0.3, -0.25) is 9.88 Å². The van der Waals surface area contributed by atoms with Gasteiger partial charge in [0.05, 0.1) is 7.11 Å². The Balaban J connectivity index is 2.00. The molecule has 2 heterocycles. The molecule has 1 aromatic heterocycles. The Kier molecular flexibility index (Phi) is 7.35. The molecule has 0 radical (unpaired) electrons. The summed E-state index contributed by atoms with van der Waals surface area (Å²) >= 11 is 0. The van der Waals surface area contributed by atoms with Crippen LogP contribution in [0.3, 0.4) is 0 Å². The van der Waals surface area contributed by atoms with E-state index in [4.69, 9.17) is 4.18 Å². The summed E-state index contributed by atoms with van der Waals surface area (Å²) in [5.41, 5.74) is 0.649. The molecule has 1 saturated heterocycles. The number of methoxy groups -OCH3 is 1. The highest BCUT2D eigenvalue weighted by atomic mass is 32.2. The van der Waals surface area contributed by atoms with Crippen LogP contribution in [-0.4, -0.2) is 51.1 Å². The summed E-state index contributed by atoms with van der Waals surface area (Å²) in [6.07, 6.45) is 7.92. The van der Waals surface area contributed by atoms with Crippen LogP contribution in [-0.2, 0) is 19.2 Å². The fraction of sp³-hybridized carbons (Fsp3) is 0.500. The van der Waals surface area contributed by atoms with Crippen molar-refractivity contribution in [3.63, 3.8) is 0 Å². The first-order valence-electron chi connectivity index (χ1n) is 8.06. The summed E-state index contributed by atoms with van der Waals surface area (Å²) in [7, 11) is -3.21. The second-order valence-corrected chi connectivity index (χ2v) is 6.93. The number of pyridine rings is 1. The highest BCUT2D eigenvalue weighted by Gasteiger charge is 2.22. The van der Waals surface area contributed by atoms with Crippen LogP contribution in [0.4, 0.5) is 4.79 Å². The Morgan fingerprint density at radius 3 is 2.64 bits per heavy atom. The second-order valence-electron chi connectivity index (χ2n) is 5.63. The molecule has 0 bridgehead atoms. The Hall–Kier alpha value is -1.97. The molecule has 1 unspecified atom stereocenters. The molecule has 1 fully saturated rings. The zero-order valence-electron chi connectivity index (χ0n) is 14.1. The molecule has 25 heavy (non-hydrogen) atoms. The molecule has 1 aliphatic rings. The minimum atomic E-state index is -4.28. The molecule has 1 amide bonds. The molecule has 1 aliphatic heterocycles. The molecule has 9 heteroatoms. The average molecular weight is 369 g/mol. The van der Waals surface area contributed by atoms with E-state index in [0.29, 0.717) is 12.0 Å². The van der Waals surface area contributed by atoms with Gasteiger partial charge in [-0.25, -0.2) is 8.98 Å². The average Bonchev–Trinajstić information content (AvgIpc) is 3.11. The van der Waals surface area contributed by atoms with E-state index in [-0.39, 0.29) is 0 Å².